The van der Waals surface area contributed by atoms with Crippen LogP contribution in [-0.2, 0) is 4.79 Å². The fourth-order valence-corrected chi connectivity index (χ4v) is 1.53. The molecule has 0 saturated carbocycles. The molecule has 0 aromatic rings. The summed E-state index contributed by atoms with van der Waals surface area (Å²) < 4.78 is 0. The van der Waals surface area contributed by atoms with Crippen LogP contribution in [0.4, 0.5) is 0 Å². The third-order valence-corrected chi connectivity index (χ3v) is 2.46. The smallest absolute Gasteiger partial charge is 0.227 e. The van der Waals surface area contributed by atoms with Crippen LogP contribution in [0.25, 0.3) is 0 Å². The minimum atomic E-state index is 0.328. The van der Waals surface area contributed by atoms with E-state index in [1.54, 1.807) is 0 Å². The minimum absolute atomic E-state index is 0.328. The van der Waals surface area contributed by atoms with Crippen molar-refractivity contribution in [3.8, 4) is 0 Å². The number of likely N-dealkylation sites (tertiary alicyclic amines) is 1. The van der Waals surface area contributed by atoms with Crippen LogP contribution in [0, 0.1) is 5.92 Å². The van der Waals surface area contributed by atoms with Gasteiger partial charge >= 0.3 is 0 Å². The molecule has 1 saturated heterocycles. The van der Waals surface area contributed by atoms with Crippen LogP contribution in [0.2, 0.25) is 0 Å². The first kappa shape index (κ1) is 7.58. The molecule has 2 nitrogen and oxygen atoms in total. The van der Waals surface area contributed by atoms with Crippen molar-refractivity contribution in [3.63, 3.8) is 0 Å². The predicted molar refractivity (Wildman–Crippen MR) is 40.6 cm³/mol. The number of hydrogen-bond acceptors (Lipinski definition) is 1. The molecular weight excluding hydrogens is 126 g/mol. The van der Waals surface area contributed by atoms with Crippen LogP contribution in [0.3, 0.4) is 0 Å². The maximum atomic E-state index is 11.1. The molecule has 1 fully saturated rings. The van der Waals surface area contributed by atoms with Crippen molar-refractivity contribution in [2.24, 2.45) is 5.92 Å². The first-order valence-corrected chi connectivity index (χ1v) is 3.95. The average molecular weight is 141 g/mol. The van der Waals surface area contributed by atoms with E-state index in [4.69, 9.17) is 0 Å². The van der Waals surface area contributed by atoms with Gasteiger partial charge in [-0.15, -0.1) is 0 Å². The van der Waals surface area contributed by atoms with E-state index in [-0.39, 0.29) is 0 Å². The molecule has 1 rings (SSSR count). The lowest BCUT2D eigenvalue weighted by Gasteiger charge is -2.43. The van der Waals surface area contributed by atoms with Gasteiger partial charge in [0, 0.05) is 13.1 Å². The van der Waals surface area contributed by atoms with Gasteiger partial charge in [-0.1, -0.05) is 13.3 Å². The largest absolute Gasteiger partial charge is 0.342 e. The Kier molecular flexibility index (Phi) is 1.97. The van der Waals surface area contributed by atoms with Gasteiger partial charge < -0.3 is 4.90 Å². The molecule has 0 aromatic heterocycles. The molecule has 10 heavy (non-hydrogen) atoms. The summed E-state index contributed by atoms with van der Waals surface area (Å²) in [6.07, 6.45) is 2.18. The first-order chi connectivity index (χ1) is 4.68. The van der Waals surface area contributed by atoms with Gasteiger partial charge in [-0.3, -0.25) is 4.79 Å². The maximum absolute atomic E-state index is 11.1. The molecule has 0 N–H and O–H groups in total. The predicted octanol–water partition coefficient (Wildman–Crippen LogP) is 1.26. The molecule has 0 spiro atoms. The van der Waals surface area contributed by atoms with Gasteiger partial charge in [-0.05, 0) is 13.3 Å². The SMILES string of the molecule is CCC[C@@H]1C(=O)N(C)[C@H]1C. The summed E-state index contributed by atoms with van der Waals surface area (Å²) in [7, 11) is 1.87. The van der Waals surface area contributed by atoms with E-state index in [1.165, 1.54) is 0 Å². The molecule has 0 aromatic carbocycles. The standard InChI is InChI=1S/C8H15NO/c1-4-5-7-6(2)9(3)8(7)10/h6-7H,4-5H2,1-3H3/t6-,7-/m0/s1. The van der Waals surface area contributed by atoms with Crippen LogP contribution in [0.5, 0.6) is 0 Å². The Labute approximate surface area is 62.2 Å². The molecule has 0 radical (unpaired) electrons. The third-order valence-electron chi connectivity index (χ3n) is 2.46. The molecule has 1 heterocycles. The fourth-order valence-electron chi connectivity index (χ4n) is 1.53. The summed E-state index contributed by atoms with van der Waals surface area (Å²) in [4.78, 5) is 12.9. The highest BCUT2D eigenvalue weighted by Crippen LogP contribution is 2.27. The zero-order valence-electron chi connectivity index (χ0n) is 6.92. The quantitative estimate of drug-likeness (QED) is 0.530. The van der Waals surface area contributed by atoms with E-state index in [2.05, 4.69) is 13.8 Å². The van der Waals surface area contributed by atoms with Gasteiger partial charge in [-0.25, -0.2) is 0 Å². The van der Waals surface area contributed by atoms with Gasteiger partial charge in [0.05, 0.1) is 5.92 Å². The lowest BCUT2D eigenvalue weighted by Crippen LogP contribution is -2.57. The molecule has 0 bridgehead atoms. The molecule has 58 valence electrons. The first-order valence-electron chi connectivity index (χ1n) is 3.95. The Balaban J connectivity index is 2.42. The van der Waals surface area contributed by atoms with Gasteiger partial charge in [0.2, 0.25) is 5.91 Å². The monoisotopic (exact) mass is 141 g/mol. The van der Waals surface area contributed by atoms with Crippen molar-refractivity contribution >= 4 is 5.91 Å². The third kappa shape index (κ3) is 0.917. The summed E-state index contributed by atoms with van der Waals surface area (Å²) in [5.41, 5.74) is 0. The number of hydrogen-bond donors (Lipinski definition) is 0. The molecular formula is C8H15NO. The van der Waals surface area contributed by atoms with E-state index in [9.17, 15) is 4.79 Å². The Hall–Kier alpha value is -0.530. The van der Waals surface area contributed by atoms with E-state index in [0.717, 1.165) is 12.8 Å². The molecule has 0 unspecified atom stereocenters. The van der Waals surface area contributed by atoms with Crippen molar-refractivity contribution in [2.75, 3.05) is 7.05 Å². The summed E-state index contributed by atoms with van der Waals surface area (Å²) >= 11 is 0. The Morgan fingerprint density at radius 3 is 2.60 bits per heavy atom. The van der Waals surface area contributed by atoms with Crippen molar-refractivity contribution in [1.82, 2.24) is 4.90 Å². The van der Waals surface area contributed by atoms with Gasteiger partial charge in [0.1, 0.15) is 0 Å². The van der Waals surface area contributed by atoms with E-state index >= 15 is 0 Å². The Morgan fingerprint density at radius 2 is 2.20 bits per heavy atom. The van der Waals surface area contributed by atoms with Crippen molar-refractivity contribution in [2.45, 2.75) is 32.7 Å². The summed E-state index contributed by atoms with van der Waals surface area (Å²) in [5, 5.41) is 0. The van der Waals surface area contributed by atoms with E-state index < -0.39 is 0 Å². The second kappa shape index (κ2) is 2.60. The van der Waals surface area contributed by atoms with Gasteiger partial charge in [-0.2, -0.15) is 0 Å². The number of β-lactam (4-membered cyclic amide) rings is 1. The molecule has 1 aliphatic heterocycles. The molecule has 1 amide bonds. The summed E-state index contributed by atoms with van der Waals surface area (Å²) in [5.74, 6) is 0.657. The topological polar surface area (TPSA) is 20.3 Å². The second-order valence-electron chi connectivity index (χ2n) is 3.08. The van der Waals surface area contributed by atoms with Crippen molar-refractivity contribution in [1.29, 1.82) is 0 Å². The number of rotatable bonds is 2. The van der Waals surface area contributed by atoms with Crippen molar-refractivity contribution in [3.05, 3.63) is 0 Å². The lowest BCUT2D eigenvalue weighted by molar-refractivity contribution is -0.152. The van der Waals surface area contributed by atoms with Gasteiger partial charge in [0.25, 0.3) is 0 Å². The number of carbonyl (C=O) groups is 1. The zero-order valence-corrected chi connectivity index (χ0v) is 6.92. The highest BCUT2D eigenvalue weighted by molar-refractivity contribution is 5.85. The van der Waals surface area contributed by atoms with Crippen LogP contribution >= 0.6 is 0 Å². The molecule has 1 aliphatic rings. The highest BCUT2D eigenvalue weighted by atomic mass is 16.2. The normalized spacial score (nSPS) is 32.3. The number of amides is 1. The van der Waals surface area contributed by atoms with Crippen LogP contribution < -0.4 is 0 Å². The van der Waals surface area contributed by atoms with Crippen molar-refractivity contribution < 1.29 is 4.79 Å². The maximum Gasteiger partial charge on any atom is 0.227 e. The number of nitrogens with zero attached hydrogens (tertiary/aromatic N) is 1. The Bertz CT molecular complexity index is 144. The number of carbonyl (C=O) groups excluding carboxylic acids is 1. The molecule has 0 aliphatic carbocycles. The van der Waals surface area contributed by atoms with Crippen LogP contribution in [0.15, 0.2) is 0 Å². The minimum Gasteiger partial charge on any atom is -0.342 e. The fraction of sp³-hybridized carbons (Fsp3) is 0.875. The van der Waals surface area contributed by atoms with Crippen LogP contribution in [0.1, 0.15) is 26.7 Å². The summed E-state index contributed by atoms with van der Waals surface area (Å²) in [6.45, 7) is 4.24. The van der Waals surface area contributed by atoms with Crippen LogP contribution in [-0.4, -0.2) is 23.9 Å². The molecule has 2 heteroatoms. The highest BCUT2D eigenvalue weighted by Gasteiger charge is 2.40. The van der Waals surface area contributed by atoms with E-state index in [0.29, 0.717) is 17.9 Å². The molecule has 2 atom stereocenters. The second-order valence-corrected chi connectivity index (χ2v) is 3.08. The van der Waals surface area contributed by atoms with E-state index in [1.807, 2.05) is 11.9 Å². The average Bonchev–Trinajstić information content (AvgIpc) is 1.98. The Morgan fingerprint density at radius 1 is 1.60 bits per heavy atom. The summed E-state index contributed by atoms with van der Waals surface area (Å²) in [6, 6.07) is 0.479. The zero-order chi connectivity index (χ0) is 7.72. The van der Waals surface area contributed by atoms with Gasteiger partial charge in [0.15, 0.2) is 0 Å². The lowest BCUT2D eigenvalue weighted by atomic mass is 9.86.